The van der Waals surface area contributed by atoms with E-state index in [0.717, 1.165) is 5.56 Å². The van der Waals surface area contributed by atoms with Crippen LogP contribution in [0.15, 0.2) is 77.7 Å². The molecule has 0 saturated heterocycles. The number of halogens is 2. The van der Waals surface area contributed by atoms with Gasteiger partial charge in [0.2, 0.25) is 10.0 Å². The van der Waals surface area contributed by atoms with E-state index in [1.54, 1.807) is 12.1 Å². The van der Waals surface area contributed by atoms with Crippen LogP contribution in [0.1, 0.15) is 21.5 Å². The van der Waals surface area contributed by atoms with E-state index < -0.39 is 15.9 Å². The van der Waals surface area contributed by atoms with Crippen molar-refractivity contribution in [2.45, 2.75) is 18.0 Å². The predicted octanol–water partition coefficient (Wildman–Crippen LogP) is 4.23. The molecule has 0 saturated carbocycles. The average molecular weight is 447 g/mol. The Labute approximate surface area is 180 Å². The summed E-state index contributed by atoms with van der Waals surface area (Å²) in [6.07, 6.45) is 0. The zero-order valence-corrected chi connectivity index (χ0v) is 17.8. The van der Waals surface area contributed by atoms with Gasteiger partial charge in [-0.05, 0) is 41.5 Å². The van der Waals surface area contributed by atoms with Gasteiger partial charge in [-0.1, -0.05) is 54.1 Å². The minimum Gasteiger partial charge on any atom is -0.348 e. The van der Waals surface area contributed by atoms with Crippen molar-refractivity contribution in [1.29, 1.82) is 0 Å². The zero-order chi connectivity index (χ0) is 21.7. The summed E-state index contributed by atoms with van der Waals surface area (Å²) in [5, 5.41) is 2.80. The number of carbonyl (C=O) groups is 1. The highest BCUT2D eigenvalue weighted by molar-refractivity contribution is 7.89. The summed E-state index contributed by atoms with van der Waals surface area (Å²) in [5.74, 6) is -0.891. The Morgan fingerprint density at radius 2 is 1.67 bits per heavy atom. The number of nitrogens with zero attached hydrogens (tertiary/aromatic N) is 1. The quantitative estimate of drug-likeness (QED) is 0.590. The lowest BCUT2D eigenvalue weighted by atomic mass is 10.2. The van der Waals surface area contributed by atoms with Crippen molar-refractivity contribution in [2.75, 3.05) is 7.05 Å². The van der Waals surface area contributed by atoms with E-state index >= 15 is 0 Å². The first-order chi connectivity index (χ1) is 14.3. The first-order valence-electron chi connectivity index (χ1n) is 9.10. The Morgan fingerprint density at radius 1 is 1.00 bits per heavy atom. The van der Waals surface area contributed by atoms with Crippen LogP contribution < -0.4 is 5.32 Å². The molecule has 1 N–H and O–H groups in total. The van der Waals surface area contributed by atoms with Gasteiger partial charge in [0, 0.05) is 20.1 Å². The molecule has 0 fully saturated rings. The lowest BCUT2D eigenvalue weighted by Crippen LogP contribution is -2.27. The maximum absolute atomic E-state index is 13.0. The molecular weight excluding hydrogens is 427 g/mol. The molecule has 0 unspecified atom stereocenters. The zero-order valence-electron chi connectivity index (χ0n) is 16.2. The lowest BCUT2D eigenvalue weighted by Gasteiger charge is -2.18. The Kier molecular flexibility index (Phi) is 6.87. The fourth-order valence-corrected chi connectivity index (χ4v) is 4.21. The number of benzene rings is 3. The highest BCUT2D eigenvalue weighted by Crippen LogP contribution is 2.23. The molecule has 0 radical (unpaired) electrons. The average Bonchev–Trinajstić information content (AvgIpc) is 2.74. The molecule has 3 rings (SSSR count). The third-order valence-electron chi connectivity index (χ3n) is 4.51. The largest absolute Gasteiger partial charge is 0.348 e. The summed E-state index contributed by atoms with van der Waals surface area (Å²) in [5.41, 5.74) is 1.59. The van der Waals surface area contributed by atoms with Crippen molar-refractivity contribution < 1.29 is 17.6 Å². The highest BCUT2D eigenvalue weighted by Gasteiger charge is 2.23. The van der Waals surface area contributed by atoms with Gasteiger partial charge in [-0.2, -0.15) is 4.31 Å². The Hall–Kier alpha value is -2.74. The number of hydrogen-bond donors (Lipinski definition) is 1. The van der Waals surface area contributed by atoms with E-state index in [2.05, 4.69) is 5.32 Å². The van der Waals surface area contributed by atoms with Crippen molar-refractivity contribution in [1.82, 2.24) is 9.62 Å². The molecule has 3 aromatic carbocycles. The van der Waals surface area contributed by atoms with Crippen LogP contribution in [0.3, 0.4) is 0 Å². The van der Waals surface area contributed by atoms with E-state index in [1.165, 1.54) is 41.7 Å². The number of rotatable bonds is 7. The van der Waals surface area contributed by atoms with Gasteiger partial charge in [0.05, 0.1) is 15.5 Å². The molecule has 0 heterocycles. The molecule has 3 aromatic rings. The lowest BCUT2D eigenvalue weighted by molar-refractivity contribution is 0.0951. The van der Waals surface area contributed by atoms with Crippen molar-refractivity contribution in [2.24, 2.45) is 0 Å². The third-order valence-corrected chi connectivity index (χ3v) is 6.63. The first-order valence-corrected chi connectivity index (χ1v) is 10.9. The van der Waals surface area contributed by atoms with Gasteiger partial charge in [-0.25, -0.2) is 12.8 Å². The molecule has 0 aliphatic rings. The fraction of sp³-hybridized carbons (Fsp3) is 0.136. The SMILES string of the molecule is CN(Cc1ccccc1)S(=O)(=O)c1ccc(Cl)c(C(=O)NCc2ccc(F)cc2)c1. The molecule has 0 atom stereocenters. The molecular formula is C22H20ClFN2O3S. The van der Waals surface area contributed by atoms with Gasteiger partial charge >= 0.3 is 0 Å². The number of carbonyl (C=O) groups excluding carboxylic acids is 1. The summed E-state index contributed by atoms with van der Waals surface area (Å²) in [4.78, 5) is 12.5. The molecule has 30 heavy (non-hydrogen) atoms. The maximum Gasteiger partial charge on any atom is 0.253 e. The van der Waals surface area contributed by atoms with E-state index in [9.17, 15) is 17.6 Å². The van der Waals surface area contributed by atoms with Crippen LogP contribution in [0.5, 0.6) is 0 Å². The van der Waals surface area contributed by atoms with Crippen LogP contribution in [-0.2, 0) is 23.1 Å². The van der Waals surface area contributed by atoms with Gasteiger partial charge < -0.3 is 5.32 Å². The molecule has 5 nitrogen and oxygen atoms in total. The van der Waals surface area contributed by atoms with Crippen LogP contribution in [-0.4, -0.2) is 25.7 Å². The third kappa shape index (κ3) is 5.24. The van der Waals surface area contributed by atoms with Crippen molar-refractivity contribution in [3.63, 3.8) is 0 Å². The minimum atomic E-state index is -3.83. The van der Waals surface area contributed by atoms with E-state index in [4.69, 9.17) is 11.6 Å². The van der Waals surface area contributed by atoms with Gasteiger partial charge in [0.1, 0.15) is 5.82 Å². The molecule has 0 aromatic heterocycles. The summed E-state index contributed by atoms with van der Waals surface area (Å²) >= 11 is 6.13. The van der Waals surface area contributed by atoms with Crippen LogP contribution >= 0.6 is 11.6 Å². The predicted molar refractivity (Wildman–Crippen MR) is 114 cm³/mol. The molecule has 0 aliphatic heterocycles. The van der Waals surface area contributed by atoms with Gasteiger partial charge in [0.15, 0.2) is 0 Å². The standard InChI is InChI=1S/C22H20ClFN2O3S/c1-26(15-17-5-3-2-4-6-17)30(28,29)19-11-12-21(23)20(13-19)22(27)25-14-16-7-9-18(24)10-8-16/h2-13H,14-15H2,1H3,(H,25,27). The topological polar surface area (TPSA) is 66.5 Å². The van der Waals surface area contributed by atoms with E-state index in [1.807, 2.05) is 30.3 Å². The molecule has 0 aliphatic carbocycles. The molecule has 0 spiro atoms. The fourth-order valence-electron chi connectivity index (χ4n) is 2.82. The Balaban J connectivity index is 1.77. The van der Waals surface area contributed by atoms with Crippen molar-refractivity contribution >= 4 is 27.5 Å². The van der Waals surface area contributed by atoms with E-state index in [0.29, 0.717) is 5.56 Å². The molecule has 156 valence electrons. The van der Waals surface area contributed by atoms with Crippen molar-refractivity contribution in [3.05, 3.63) is 100 Å². The van der Waals surface area contributed by atoms with Crippen LogP contribution in [0, 0.1) is 5.82 Å². The summed E-state index contributed by atoms with van der Waals surface area (Å²) in [6.45, 7) is 0.345. The smallest absolute Gasteiger partial charge is 0.253 e. The number of nitrogens with one attached hydrogen (secondary N) is 1. The normalized spacial score (nSPS) is 11.5. The maximum atomic E-state index is 13.0. The van der Waals surface area contributed by atoms with Gasteiger partial charge in [0.25, 0.3) is 5.91 Å². The molecule has 8 heteroatoms. The van der Waals surface area contributed by atoms with E-state index in [-0.39, 0.29) is 34.4 Å². The Bertz CT molecular complexity index is 1140. The highest BCUT2D eigenvalue weighted by atomic mass is 35.5. The minimum absolute atomic E-state index is 0.0303. The molecule has 0 bridgehead atoms. The van der Waals surface area contributed by atoms with Crippen LogP contribution in [0.4, 0.5) is 4.39 Å². The Morgan fingerprint density at radius 3 is 2.33 bits per heavy atom. The first kappa shape index (κ1) is 22.0. The summed E-state index contributed by atoms with van der Waals surface area (Å²) in [6, 6.07) is 18.9. The van der Waals surface area contributed by atoms with Crippen LogP contribution in [0.2, 0.25) is 5.02 Å². The second-order valence-electron chi connectivity index (χ2n) is 6.70. The van der Waals surface area contributed by atoms with Crippen LogP contribution in [0.25, 0.3) is 0 Å². The number of hydrogen-bond acceptors (Lipinski definition) is 3. The van der Waals surface area contributed by atoms with Crippen molar-refractivity contribution in [3.8, 4) is 0 Å². The second-order valence-corrected chi connectivity index (χ2v) is 9.15. The number of sulfonamides is 1. The summed E-state index contributed by atoms with van der Waals surface area (Å²) in [7, 11) is -2.35. The number of amides is 1. The van der Waals surface area contributed by atoms with Gasteiger partial charge in [-0.3, -0.25) is 4.79 Å². The monoisotopic (exact) mass is 446 g/mol. The second kappa shape index (κ2) is 9.38. The summed E-state index contributed by atoms with van der Waals surface area (Å²) < 4.78 is 40.1. The molecule has 1 amide bonds. The van der Waals surface area contributed by atoms with Gasteiger partial charge in [-0.15, -0.1) is 0 Å².